The molecule has 0 saturated carbocycles. The fraction of sp³-hybridized carbons (Fsp3) is 0.500. The van der Waals surface area contributed by atoms with Crippen molar-refractivity contribution in [2.75, 3.05) is 18.4 Å². The molecule has 2 saturated heterocycles. The van der Waals surface area contributed by atoms with Crippen LogP contribution in [-0.2, 0) is 16.1 Å². The number of piperidine rings is 1. The van der Waals surface area contributed by atoms with Crippen LogP contribution in [0.2, 0.25) is 0 Å². The number of fused-ring (bicyclic) bond motifs is 1. The average molecular weight is 358 g/mol. The molecule has 25 heavy (non-hydrogen) atoms. The van der Waals surface area contributed by atoms with E-state index in [0.29, 0.717) is 11.6 Å². The standard InChI is InChI=1S/C18H22N4O2S/c1-12-17(25-11-20-12)10-22-6-4-13-7-15(24-16(13)9-22)18(23)21-14-3-2-5-19-8-14/h2-3,5,8,11,13,15-16H,4,6-7,9-10H2,1H3,(H,21,23)/t13-,15-,16+/m1/s1. The van der Waals surface area contributed by atoms with E-state index in [1.54, 1.807) is 23.7 Å². The van der Waals surface area contributed by atoms with E-state index >= 15 is 0 Å². The second kappa shape index (κ2) is 7.19. The van der Waals surface area contributed by atoms with Crippen LogP contribution in [0.5, 0.6) is 0 Å². The Morgan fingerprint density at radius 1 is 1.52 bits per heavy atom. The Bertz CT molecular complexity index is 736. The van der Waals surface area contributed by atoms with Crippen LogP contribution in [0.3, 0.4) is 0 Å². The third-order valence-corrected chi connectivity index (χ3v) is 5.99. The van der Waals surface area contributed by atoms with Crippen molar-refractivity contribution in [1.82, 2.24) is 14.9 Å². The zero-order chi connectivity index (χ0) is 17.2. The van der Waals surface area contributed by atoms with Gasteiger partial charge < -0.3 is 10.1 Å². The largest absolute Gasteiger partial charge is 0.364 e. The Hall–Kier alpha value is -1.83. The van der Waals surface area contributed by atoms with Gasteiger partial charge in [0.15, 0.2) is 0 Å². The Kier molecular flexibility index (Phi) is 4.78. The second-order valence-corrected chi connectivity index (χ2v) is 7.71. The molecule has 7 heteroatoms. The number of pyridine rings is 1. The van der Waals surface area contributed by atoms with Crippen molar-refractivity contribution >= 4 is 22.9 Å². The quantitative estimate of drug-likeness (QED) is 0.909. The summed E-state index contributed by atoms with van der Waals surface area (Å²) in [6, 6.07) is 3.65. The summed E-state index contributed by atoms with van der Waals surface area (Å²) in [5, 5.41) is 2.90. The van der Waals surface area contributed by atoms with Gasteiger partial charge in [0.1, 0.15) is 6.10 Å². The van der Waals surface area contributed by atoms with Crippen molar-refractivity contribution in [1.29, 1.82) is 0 Å². The predicted octanol–water partition coefficient (Wildman–Crippen LogP) is 2.46. The van der Waals surface area contributed by atoms with E-state index in [4.69, 9.17) is 4.74 Å². The number of amides is 1. The molecule has 2 aromatic rings. The minimum Gasteiger partial charge on any atom is -0.364 e. The third-order valence-electron chi connectivity index (χ3n) is 5.07. The molecule has 3 atom stereocenters. The van der Waals surface area contributed by atoms with Crippen molar-refractivity contribution in [3.63, 3.8) is 0 Å². The maximum absolute atomic E-state index is 12.5. The Labute approximate surface area is 151 Å². The maximum Gasteiger partial charge on any atom is 0.253 e. The van der Waals surface area contributed by atoms with Crippen molar-refractivity contribution < 1.29 is 9.53 Å². The van der Waals surface area contributed by atoms with Crippen LogP contribution < -0.4 is 5.32 Å². The summed E-state index contributed by atoms with van der Waals surface area (Å²) in [5.41, 5.74) is 3.74. The van der Waals surface area contributed by atoms with Gasteiger partial charge in [-0.3, -0.25) is 14.7 Å². The molecule has 2 fully saturated rings. The summed E-state index contributed by atoms with van der Waals surface area (Å²) < 4.78 is 6.09. The number of carbonyl (C=O) groups is 1. The molecule has 0 unspecified atom stereocenters. The van der Waals surface area contributed by atoms with E-state index in [1.807, 2.05) is 17.6 Å². The van der Waals surface area contributed by atoms with E-state index in [-0.39, 0.29) is 18.1 Å². The lowest BCUT2D eigenvalue weighted by Crippen LogP contribution is -2.41. The summed E-state index contributed by atoms with van der Waals surface area (Å²) in [4.78, 5) is 24.5. The van der Waals surface area contributed by atoms with Gasteiger partial charge in [-0.15, -0.1) is 11.3 Å². The number of ether oxygens (including phenoxy) is 1. The number of hydrogen-bond donors (Lipinski definition) is 1. The van der Waals surface area contributed by atoms with E-state index in [9.17, 15) is 4.79 Å². The Morgan fingerprint density at radius 2 is 2.44 bits per heavy atom. The molecule has 0 bridgehead atoms. The van der Waals surface area contributed by atoms with Gasteiger partial charge in [0, 0.05) is 24.2 Å². The van der Waals surface area contributed by atoms with Crippen LogP contribution in [0.25, 0.3) is 0 Å². The first kappa shape index (κ1) is 16.6. The lowest BCUT2D eigenvalue weighted by molar-refractivity contribution is -0.127. The minimum absolute atomic E-state index is 0.0627. The monoisotopic (exact) mass is 358 g/mol. The number of likely N-dealkylation sites (tertiary alicyclic amines) is 1. The number of thiazole rings is 1. The maximum atomic E-state index is 12.5. The van der Waals surface area contributed by atoms with Gasteiger partial charge >= 0.3 is 0 Å². The summed E-state index contributed by atoms with van der Waals surface area (Å²) in [5.74, 6) is 0.413. The molecule has 1 amide bonds. The number of rotatable bonds is 4. The second-order valence-electron chi connectivity index (χ2n) is 6.77. The lowest BCUT2D eigenvalue weighted by Gasteiger charge is -2.33. The minimum atomic E-state index is -0.361. The number of aryl methyl sites for hydroxylation is 1. The zero-order valence-corrected chi connectivity index (χ0v) is 15.0. The number of nitrogens with zero attached hydrogens (tertiary/aromatic N) is 3. The Balaban J connectivity index is 1.33. The topological polar surface area (TPSA) is 67.4 Å². The molecule has 0 aliphatic carbocycles. The van der Waals surface area contributed by atoms with Gasteiger partial charge in [-0.2, -0.15) is 0 Å². The molecule has 2 aliphatic heterocycles. The highest BCUT2D eigenvalue weighted by atomic mass is 32.1. The van der Waals surface area contributed by atoms with Crippen LogP contribution in [0.1, 0.15) is 23.4 Å². The van der Waals surface area contributed by atoms with Gasteiger partial charge in [0.25, 0.3) is 5.91 Å². The first-order valence-electron chi connectivity index (χ1n) is 8.66. The van der Waals surface area contributed by atoms with E-state index in [1.165, 1.54) is 4.88 Å². The summed E-state index contributed by atoms with van der Waals surface area (Å²) in [6.07, 6.45) is 5.02. The zero-order valence-electron chi connectivity index (χ0n) is 14.2. The number of carbonyl (C=O) groups excluding carboxylic acids is 1. The molecule has 132 valence electrons. The molecule has 0 spiro atoms. The number of nitrogens with one attached hydrogen (secondary N) is 1. The van der Waals surface area contributed by atoms with Crippen LogP contribution in [0, 0.1) is 12.8 Å². The fourth-order valence-corrected chi connectivity index (χ4v) is 4.47. The summed E-state index contributed by atoms with van der Waals surface area (Å²) >= 11 is 1.71. The van der Waals surface area contributed by atoms with E-state index in [2.05, 4.69) is 27.1 Å². The van der Waals surface area contributed by atoms with Crippen LogP contribution in [0.4, 0.5) is 5.69 Å². The van der Waals surface area contributed by atoms with Crippen molar-refractivity contribution in [2.45, 2.75) is 38.5 Å². The van der Waals surface area contributed by atoms with Gasteiger partial charge in [-0.25, -0.2) is 4.98 Å². The highest BCUT2D eigenvalue weighted by molar-refractivity contribution is 7.09. The van der Waals surface area contributed by atoms with Gasteiger partial charge in [0.2, 0.25) is 0 Å². The molecule has 1 N–H and O–H groups in total. The normalized spacial score (nSPS) is 26.4. The number of aromatic nitrogens is 2. The van der Waals surface area contributed by atoms with Crippen LogP contribution >= 0.6 is 11.3 Å². The van der Waals surface area contributed by atoms with Gasteiger partial charge in [-0.05, 0) is 44.4 Å². The molecule has 6 nitrogen and oxygen atoms in total. The summed E-state index contributed by atoms with van der Waals surface area (Å²) in [7, 11) is 0. The van der Waals surface area contributed by atoms with E-state index in [0.717, 1.165) is 38.2 Å². The molecule has 4 rings (SSSR count). The van der Waals surface area contributed by atoms with Gasteiger partial charge in [-0.1, -0.05) is 0 Å². The lowest BCUT2D eigenvalue weighted by atomic mass is 9.91. The number of anilines is 1. The van der Waals surface area contributed by atoms with Crippen molar-refractivity contribution in [3.8, 4) is 0 Å². The van der Waals surface area contributed by atoms with Crippen LogP contribution in [0.15, 0.2) is 30.0 Å². The van der Waals surface area contributed by atoms with Gasteiger partial charge in [0.05, 0.1) is 29.2 Å². The highest BCUT2D eigenvalue weighted by Gasteiger charge is 2.41. The first-order valence-corrected chi connectivity index (χ1v) is 9.54. The molecular formula is C18H22N4O2S. The molecule has 4 heterocycles. The average Bonchev–Trinajstić information content (AvgIpc) is 3.22. The first-order chi connectivity index (χ1) is 12.2. The molecular weight excluding hydrogens is 336 g/mol. The third kappa shape index (κ3) is 3.73. The SMILES string of the molecule is Cc1ncsc1CN1CC[C@@H]2C[C@H](C(=O)Nc3cccnc3)O[C@H]2C1. The number of hydrogen-bond acceptors (Lipinski definition) is 6. The summed E-state index contributed by atoms with van der Waals surface area (Å²) in [6.45, 7) is 4.93. The highest BCUT2D eigenvalue weighted by Crippen LogP contribution is 2.34. The van der Waals surface area contributed by atoms with E-state index < -0.39 is 0 Å². The van der Waals surface area contributed by atoms with Crippen LogP contribution in [-0.4, -0.2) is 46.1 Å². The van der Waals surface area contributed by atoms with Crippen molar-refractivity contribution in [3.05, 3.63) is 40.6 Å². The fourth-order valence-electron chi connectivity index (χ4n) is 3.65. The molecule has 2 aliphatic rings. The molecule has 2 aromatic heterocycles. The smallest absolute Gasteiger partial charge is 0.253 e. The Morgan fingerprint density at radius 3 is 3.20 bits per heavy atom. The van der Waals surface area contributed by atoms with Crippen molar-refractivity contribution in [2.24, 2.45) is 5.92 Å². The predicted molar refractivity (Wildman–Crippen MR) is 96.4 cm³/mol. The molecule has 0 radical (unpaired) electrons. The molecule has 0 aromatic carbocycles.